The zero-order chi connectivity index (χ0) is 33.4. The predicted molar refractivity (Wildman–Crippen MR) is 192 cm³/mol. The fourth-order valence-electron chi connectivity index (χ4n) is 5.80. The lowest BCUT2D eigenvalue weighted by Gasteiger charge is -2.46. The van der Waals surface area contributed by atoms with Crippen LogP contribution in [0.25, 0.3) is 10.4 Å². The fourth-order valence-corrected chi connectivity index (χ4v) is 12.2. The van der Waals surface area contributed by atoms with Gasteiger partial charge in [-0.15, -0.1) is 0 Å². The van der Waals surface area contributed by atoms with Gasteiger partial charge in [0.1, 0.15) is 36.6 Å². The van der Waals surface area contributed by atoms with Crippen LogP contribution in [0.1, 0.15) is 26.3 Å². The lowest BCUT2D eigenvalue weighted by molar-refractivity contribution is -0.205. The molecule has 1 saturated heterocycles. The minimum atomic E-state index is -2.92. The smallest absolute Gasteiger partial charge is 0.261 e. The number of aliphatic hydroxyl groups excluding tert-OH is 1. The van der Waals surface area contributed by atoms with Gasteiger partial charge in [-0.05, 0) is 46.0 Å². The zero-order valence-electron chi connectivity index (χ0n) is 28.1. The van der Waals surface area contributed by atoms with E-state index in [1.807, 2.05) is 67.6 Å². The summed E-state index contributed by atoms with van der Waals surface area (Å²) in [5.74, 6) is 0. The summed E-state index contributed by atoms with van der Waals surface area (Å²) in [7, 11) is -4.20. The lowest BCUT2D eigenvalue weighted by atomic mass is 9.98. The molecule has 8 nitrogen and oxygen atoms in total. The number of rotatable bonds is 14. The Morgan fingerprint density at radius 1 is 0.935 bits per heavy atom. The number of nitrogens with zero attached hydrogens (tertiary/aromatic N) is 3. The van der Waals surface area contributed by atoms with Crippen LogP contribution in [0.2, 0.25) is 30.7 Å². The summed E-state index contributed by atoms with van der Waals surface area (Å²) in [6.45, 7) is 16.2. The highest BCUT2D eigenvalue weighted by Crippen LogP contribution is 2.40. The molecule has 248 valence electrons. The molecule has 0 bridgehead atoms. The molecule has 0 unspecified atom stereocenters. The van der Waals surface area contributed by atoms with E-state index in [1.54, 1.807) is 0 Å². The molecular formula is C35H49N3O5SSi2. The van der Waals surface area contributed by atoms with Gasteiger partial charge in [0.2, 0.25) is 0 Å². The molecule has 1 N–H and O–H groups in total. The summed E-state index contributed by atoms with van der Waals surface area (Å²) < 4.78 is 25.8. The molecule has 0 saturated carbocycles. The van der Waals surface area contributed by atoms with E-state index in [0.717, 1.165) is 26.9 Å². The predicted octanol–water partition coefficient (Wildman–Crippen LogP) is 7.13. The van der Waals surface area contributed by atoms with Crippen molar-refractivity contribution < 1.29 is 23.7 Å². The quantitative estimate of drug-likeness (QED) is 0.0486. The summed E-state index contributed by atoms with van der Waals surface area (Å²) in [6, 6.07) is 29.1. The number of aliphatic hydroxyl groups is 1. The second-order valence-corrected chi connectivity index (χ2v) is 25.2. The van der Waals surface area contributed by atoms with Gasteiger partial charge in [0.15, 0.2) is 0 Å². The largest absolute Gasteiger partial charge is 0.405 e. The van der Waals surface area contributed by atoms with Crippen LogP contribution in [-0.2, 0) is 18.6 Å². The van der Waals surface area contributed by atoms with Gasteiger partial charge < -0.3 is 23.7 Å². The van der Waals surface area contributed by atoms with Crippen LogP contribution >= 0.6 is 11.8 Å². The lowest BCUT2D eigenvalue weighted by Crippen LogP contribution is -2.68. The van der Waals surface area contributed by atoms with Crippen LogP contribution in [0.5, 0.6) is 0 Å². The van der Waals surface area contributed by atoms with Gasteiger partial charge >= 0.3 is 0 Å². The summed E-state index contributed by atoms with van der Waals surface area (Å²) >= 11 is 1.45. The molecule has 46 heavy (non-hydrogen) atoms. The monoisotopic (exact) mass is 679 g/mol. The average Bonchev–Trinajstić information content (AvgIpc) is 3.01. The maximum absolute atomic E-state index is 11.8. The van der Waals surface area contributed by atoms with Crippen molar-refractivity contribution in [1.29, 1.82) is 0 Å². The van der Waals surface area contributed by atoms with E-state index in [9.17, 15) is 10.6 Å². The van der Waals surface area contributed by atoms with Crippen molar-refractivity contribution in [3.05, 3.63) is 101 Å². The third-order valence-electron chi connectivity index (χ3n) is 8.32. The molecule has 1 fully saturated rings. The molecular weight excluding hydrogens is 631 g/mol. The fraction of sp³-hybridized carbons (Fsp3) is 0.486. The Kier molecular flexibility index (Phi) is 12.7. The first-order valence-corrected chi connectivity index (χ1v) is 22.4. The van der Waals surface area contributed by atoms with E-state index < -0.39 is 46.2 Å². The van der Waals surface area contributed by atoms with Crippen LogP contribution < -0.4 is 10.4 Å². The van der Waals surface area contributed by atoms with Crippen LogP contribution in [0.4, 0.5) is 0 Å². The van der Waals surface area contributed by atoms with Crippen LogP contribution in [0.3, 0.4) is 0 Å². The van der Waals surface area contributed by atoms with Crippen molar-refractivity contribution in [3.8, 4) is 0 Å². The maximum atomic E-state index is 11.8. The number of azide groups is 1. The number of aryl methyl sites for hydroxylation is 1. The first kappa shape index (κ1) is 36.4. The second-order valence-electron chi connectivity index (χ2n) is 14.1. The standard InChI is InChI=1S/C35H49N3O5SSi2/c1-26-18-20-27(21-19-26)44-34-31(37-38-36)33(41-25-40-22-23-45(5,6)7)32(39)30(43-34)24-42-46(35(2,3)4,28-14-10-8-11-15-28)29-16-12-9-13-17-29/h8-21,30-34,39H,22-25H2,1-7H3/t30-,31-,32-,33-,34+/m1/s1. The van der Waals surface area contributed by atoms with Crippen molar-refractivity contribution in [2.45, 2.75) is 93.1 Å². The molecule has 0 aliphatic carbocycles. The minimum Gasteiger partial charge on any atom is -0.405 e. The van der Waals surface area contributed by atoms with Gasteiger partial charge in [-0.2, -0.15) is 0 Å². The number of benzene rings is 3. The highest BCUT2D eigenvalue weighted by atomic mass is 32.2. The molecule has 3 aromatic rings. The highest BCUT2D eigenvalue weighted by molar-refractivity contribution is 7.99. The van der Waals surface area contributed by atoms with Gasteiger partial charge in [0.05, 0.1) is 6.61 Å². The molecule has 11 heteroatoms. The van der Waals surface area contributed by atoms with Crippen LogP contribution in [0.15, 0.2) is 94.9 Å². The van der Waals surface area contributed by atoms with E-state index in [4.69, 9.17) is 18.6 Å². The molecule has 0 aromatic heterocycles. The average molecular weight is 680 g/mol. The van der Waals surface area contributed by atoms with Crippen molar-refractivity contribution >= 4 is 38.5 Å². The van der Waals surface area contributed by atoms with Crippen molar-refractivity contribution in [1.82, 2.24) is 0 Å². The number of hydrogen-bond donors (Lipinski definition) is 1. The Morgan fingerprint density at radius 3 is 2.04 bits per heavy atom. The Balaban J connectivity index is 1.67. The highest BCUT2D eigenvalue weighted by Gasteiger charge is 2.52. The Bertz CT molecular complexity index is 1370. The molecule has 0 radical (unpaired) electrons. The van der Waals surface area contributed by atoms with E-state index in [1.165, 1.54) is 11.8 Å². The first-order chi connectivity index (χ1) is 21.9. The Hall–Kier alpha value is -2.45. The molecule has 5 atom stereocenters. The second kappa shape index (κ2) is 16.1. The third kappa shape index (κ3) is 9.12. The van der Waals surface area contributed by atoms with Crippen LogP contribution in [0, 0.1) is 6.92 Å². The Morgan fingerprint density at radius 2 is 1.52 bits per heavy atom. The molecule has 1 heterocycles. The van der Waals surface area contributed by atoms with Crippen molar-refractivity contribution in [2.75, 3.05) is 20.0 Å². The van der Waals surface area contributed by atoms with Gasteiger partial charge in [-0.1, -0.05) is 136 Å². The SMILES string of the molecule is Cc1ccc(S[C@@H]2O[C@H](CO[Si](c3ccccc3)(c3ccccc3)C(C)(C)C)[C@@H](O)[C@H](OCOCC[Si](C)(C)C)[C@H]2N=[N+]=[N-])cc1. The van der Waals surface area contributed by atoms with E-state index in [0.29, 0.717) is 6.61 Å². The summed E-state index contributed by atoms with van der Waals surface area (Å²) in [5, 5.41) is 17.9. The van der Waals surface area contributed by atoms with Gasteiger partial charge in [0.25, 0.3) is 8.32 Å². The topological polar surface area (TPSA) is 106 Å². The van der Waals surface area contributed by atoms with Crippen LogP contribution in [-0.4, -0.2) is 71.3 Å². The molecule has 1 aliphatic heterocycles. The molecule has 1 aliphatic rings. The molecule has 0 spiro atoms. The number of ether oxygens (including phenoxy) is 3. The van der Waals surface area contributed by atoms with E-state index >= 15 is 0 Å². The first-order valence-electron chi connectivity index (χ1n) is 15.9. The number of hydrogen-bond acceptors (Lipinski definition) is 7. The van der Waals surface area contributed by atoms with E-state index in [-0.39, 0.29) is 18.4 Å². The Labute approximate surface area is 280 Å². The summed E-state index contributed by atoms with van der Waals surface area (Å²) in [6.07, 6.45) is -2.72. The van der Waals surface area contributed by atoms with Gasteiger partial charge in [0, 0.05) is 24.5 Å². The molecule has 4 rings (SSSR count). The van der Waals surface area contributed by atoms with Crippen molar-refractivity contribution in [3.63, 3.8) is 0 Å². The maximum Gasteiger partial charge on any atom is 0.261 e. The number of thioether (sulfide) groups is 1. The minimum absolute atomic E-state index is 0.0200. The van der Waals surface area contributed by atoms with Gasteiger partial charge in [-0.25, -0.2) is 0 Å². The van der Waals surface area contributed by atoms with E-state index in [2.05, 4.69) is 74.7 Å². The third-order valence-corrected chi connectivity index (χ3v) is 16.2. The zero-order valence-corrected chi connectivity index (χ0v) is 30.9. The molecule has 3 aromatic carbocycles. The summed E-state index contributed by atoms with van der Waals surface area (Å²) in [5.41, 5.74) is 10.1. The normalized spacial score (nSPS) is 22.3. The molecule has 0 amide bonds. The van der Waals surface area contributed by atoms with Gasteiger partial charge in [-0.3, -0.25) is 0 Å². The summed E-state index contributed by atoms with van der Waals surface area (Å²) in [4.78, 5) is 4.09. The van der Waals surface area contributed by atoms with Crippen molar-refractivity contribution in [2.24, 2.45) is 5.11 Å².